The highest BCUT2D eigenvalue weighted by Crippen LogP contribution is 2.34. The van der Waals surface area contributed by atoms with Gasteiger partial charge < -0.3 is 10.2 Å². The number of amides is 1. The fourth-order valence-electron chi connectivity index (χ4n) is 2.09. The van der Waals surface area contributed by atoms with E-state index in [9.17, 15) is 14.9 Å². The Bertz CT molecular complexity index is 479. The number of likely N-dealkylation sites (N-methyl/N-ethyl adjacent to an activating group) is 1. The molecule has 1 N–H and O–H groups in total. The molecule has 1 aromatic rings. The Labute approximate surface area is 111 Å². The summed E-state index contributed by atoms with van der Waals surface area (Å²) in [5, 5.41) is 13.6. The van der Waals surface area contributed by atoms with Crippen molar-refractivity contribution in [2.75, 3.05) is 25.0 Å². The first-order valence-electron chi connectivity index (χ1n) is 5.36. The van der Waals surface area contributed by atoms with E-state index in [2.05, 4.69) is 5.32 Å². The van der Waals surface area contributed by atoms with Gasteiger partial charge in [-0.2, -0.15) is 0 Å². The normalized spacial score (nSPS) is 12.8. The zero-order valence-electron chi connectivity index (χ0n) is 9.88. The van der Waals surface area contributed by atoms with Gasteiger partial charge in [-0.05, 0) is 19.5 Å². The lowest BCUT2D eigenvalue weighted by Crippen LogP contribution is -2.35. The van der Waals surface area contributed by atoms with Gasteiger partial charge in [0.25, 0.3) is 5.69 Å². The second-order valence-electron chi connectivity index (χ2n) is 3.86. The van der Waals surface area contributed by atoms with Crippen LogP contribution < -0.4 is 10.2 Å². The molecule has 1 aliphatic rings. The van der Waals surface area contributed by atoms with E-state index in [-0.39, 0.29) is 30.5 Å². The van der Waals surface area contributed by atoms with Gasteiger partial charge in [-0.15, -0.1) is 12.4 Å². The summed E-state index contributed by atoms with van der Waals surface area (Å²) >= 11 is 0. The van der Waals surface area contributed by atoms with Gasteiger partial charge in [0.1, 0.15) is 0 Å². The second-order valence-corrected chi connectivity index (χ2v) is 3.86. The maximum Gasteiger partial charge on any atom is 0.274 e. The molecule has 0 unspecified atom stereocenters. The molecule has 0 aliphatic carbocycles. The summed E-state index contributed by atoms with van der Waals surface area (Å²) in [7, 11) is 1.70. The van der Waals surface area contributed by atoms with Crippen LogP contribution in [0.3, 0.4) is 0 Å². The SMILES string of the molecule is CNCC(=O)N1CCc2c1cccc2[N+](=O)[O-].Cl. The number of halogens is 1. The van der Waals surface area contributed by atoms with E-state index >= 15 is 0 Å². The van der Waals surface area contributed by atoms with Crippen LogP contribution in [0.25, 0.3) is 0 Å². The molecule has 1 aromatic carbocycles. The molecule has 0 spiro atoms. The molecule has 0 fully saturated rings. The Kier molecular flexibility index (Phi) is 4.63. The van der Waals surface area contributed by atoms with E-state index < -0.39 is 4.92 Å². The molecule has 1 amide bonds. The highest BCUT2D eigenvalue weighted by Gasteiger charge is 2.29. The Balaban J connectivity index is 0.00000162. The molecule has 1 aliphatic heterocycles. The number of hydrogen-bond acceptors (Lipinski definition) is 4. The van der Waals surface area contributed by atoms with E-state index in [1.165, 1.54) is 6.07 Å². The lowest BCUT2D eigenvalue weighted by Gasteiger charge is -2.16. The van der Waals surface area contributed by atoms with Gasteiger partial charge in [0.15, 0.2) is 0 Å². The van der Waals surface area contributed by atoms with Crippen LogP contribution in [-0.2, 0) is 11.2 Å². The third-order valence-corrected chi connectivity index (χ3v) is 2.83. The number of carbonyl (C=O) groups is 1. The number of nitro groups is 1. The number of hydrogen-bond donors (Lipinski definition) is 1. The van der Waals surface area contributed by atoms with Crippen LogP contribution in [0.15, 0.2) is 18.2 Å². The molecule has 2 rings (SSSR count). The van der Waals surface area contributed by atoms with Crippen LogP contribution in [0.1, 0.15) is 5.56 Å². The second kappa shape index (κ2) is 5.79. The summed E-state index contributed by atoms with van der Waals surface area (Å²) < 4.78 is 0. The molecule has 0 atom stereocenters. The zero-order valence-corrected chi connectivity index (χ0v) is 10.7. The molecule has 0 bridgehead atoms. The zero-order chi connectivity index (χ0) is 12.4. The average Bonchev–Trinajstić information content (AvgIpc) is 2.72. The summed E-state index contributed by atoms with van der Waals surface area (Å²) in [6.45, 7) is 0.753. The van der Waals surface area contributed by atoms with Gasteiger partial charge in [0, 0.05) is 12.6 Å². The van der Waals surface area contributed by atoms with E-state index in [0.717, 1.165) is 0 Å². The molecule has 7 heteroatoms. The molecular formula is C11H14ClN3O3. The minimum atomic E-state index is -0.398. The highest BCUT2D eigenvalue weighted by molar-refractivity contribution is 5.97. The average molecular weight is 272 g/mol. The molecule has 98 valence electrons. The van der Waals surface area contributed by atoms with Crippen molar-refractivity contribution in [3.8, 4) is 0 Å². The van der Waals surface area contributed by atoms with Gasteiger partial charge in [0.2, 0.25) is 5.91 Å². The summed E-state index contributed by atoms with van der Waals surface area (Å²) in [6.07, 6.45) is 0.544. The standard InChI is InChI=1S/C11H13N3O3.ClH/c1-12-7-11(15)13-6-5-8-9(13)3-2-4-10(8)14(16)17;/h2-4,12H,5-7H2,1H3;1H. The fraction of sp³-hybridized carbons (Fsp3) is 0.364. The Morgan fingerprint density at radius 1 is 1.56 bits per heavy atom. The minimum Gasteiger partial charge on any atom is -0.311 e. The quantitative estimate of drug-likeness (QED) is 0.660. The molecule has 18 heavy (non-hydrogen) atoms. The van der Waals surface area contributed by atoms with Crippen LogP contribution in [0.4, 0.5) is 11.4 Å². The monoisotopic (exact) mass is 271 g/mol. The van der Waals surface area contributed by atoms with Gasteiger partial charge in [0.05, 0.1) is 22.7 Å². The van der Waals surface area contributed by atoms with Crippen LogP contribution >= 0.6 is 12.4 Å². The Hall–Kier alpha value is -1.66. The van der Waals surface area contributed by atoms with Crippen LogP contribution in [0, 0.1) is 10.1 Å². The number of anilines is 1. The first-order chi connectivity index (χ1) is 8.15. The maximum absolute atomic E-state index is 11.8. The summed E-state index contributed by atoms with van der Waals surface area (Å²) in [6, 6.07) is 4.84. The first kappa shape index (κ1) is 14.4. The van der Waals surface area contributed by atoms with Crippen molar-refractivity contribution in [1.29, 1.82) is 0 Å². The molecular weight excluding hydrogens is 258 g/mol. The van der Waals surface area contributed by atoms with Crippen molar-refractivity contribution in [3.63, 3.8) is 0 Å². The van der Waals surface area contributed by atoms with E-state index in [0.29, 0.717) is 24.2 Å². The summed E-state index contributed by atoms with van der Waals surface area (Å²) in [4.78, 5) is 23.8. The first-order valence-corrected chi connectivity index (χ1v) is 5.36. The number of benzene rings is 1. The third kappa shape index (κ3) is 2.44. The maximum atomic E-state index is 11.8. The molecule has 1 heterocycles. The van der Waals surface area contributed by atoms with Gasteiger partial charge in [-0.25, -0.2) is 0 Å². The van der Waals surface area contributed by atoms with E-state index in [1.54, 1.807) is 24.1 Å². The topological polar surface area (TPSA) is 75.5 Å². The third-order valence-electron chi connectivity index (χ3n) is 2.83. The number of carbonyl (C=O) groups excluding carboxylic acids is 1. The lowest BCUT2D eigenvalue weighted by molar-refractivity contribution is -0.385. The van der Waals surface area contributed by atoms with Gasteiger partial charge in [-0.1, -0.05) is 6.07 Å². The van der Waals surface area contributed by atoms with Gasteiger partial charge >= 0.3 is 0 Å². The van der Waals surface area contributed by atoms with Crippen LogP contribution in [-0.4, -0.2) is 31.0 Å². The number of nitro benzene ring substituents is 1. The van der Waals surface area contributed by atoms with Crippen molar-refractivity contribution < 1.29 is 9.72 Å². The highest BCUT2D eigenvalue weighted by atomic mass is 35.5. The van der Waals surface area contributed by atoms with Crippen molar-refractivity contribution in [3.05, 3.63) is 33.9 Å². The largest absolute Gasteiger partial charge is 0.311 e. The Morgan fingerprint density at radius 2 is 2.28 bits per heavy atom. The molecule has 0 radical (unpaired) electrons. The molecule has 0 saturated heterocycles. The number of nitrogens with zero attached hydrogens (tertiary/aromatic N) is 2. The lowest BCUT2D eigenvalue weighted by atomic mass is 10.1. The summed E-state index contributed by atoms with van der Waals surface area (Å²) in [5.74, 6) is -0.0632. The molecule has 0 aromatic heterocycles. The smallest absolute Gasteiger partial charge is 0.274 e. The number of fused-ring (bicyclic) bond motifs is 1. The van der Waals surface area contributed by atoms with E-state index in [4.69, 9.17) is 0 Å². The fourth-order valence-corrected chi connectivity index (χ4v) is 2.09. The van der Waals surface area contributed by atoms with Crippen molar-refractivity contribution in [2.45, 2.75) is 6.42 Å². The van der Waals surface area contributed by atoms with Crippen LogP contribution in [0.5, 0.6) is 0 Å². The Morgan fingerprint density at radius 3 is 2.89 bits per heavy atom. The van der Waals surface area contributed by atoms with Crippen molar-refractivity contribution in [1.82, 2.24) is 5.32 Å². The number of nitrogens with one attached hydrogen (secondary N) is 1. The molecule has 6 nitrogen and oxygen atoms in total. The van der Waals surface area contributed by atoms with Crippen molar-refractivity contribution >= 4 is 29.7 Å². The predicted molar refractivity (Wildman–Crippen MR) is 70.3 cm³/mol. The number of rotatable bonds is 3. The summed E-state index contributed by atoms with van der Waals surface area (Å²) in [5.41, 5.74) is 1.42. The van der Waals surface area contributed by atoms with Crippen molar-refractivity contribution in [2.24, 2.45) is 0 Å². The van der Waals surface area contributed by atoms with Gasteiger partial charge in [-0.3, -0.25) is 14.9 Å². The minimum absolute atomic E-state index is 0. The van der Waals surface area contributed by atoms with E-state index in [1.807, 2.05) is 0 Å². The van der Waals surface area contributed by atoms with Crippen LogP contribution in [0.2, 0.25) is 0 Å². The molecule has 0 saturated carbocycles. The predicted octanol–water partition coefficient (Wildman–Crippen LogP) is 1.13.